The first-order chi connectivity index (χ1) is 9.36. The van der Waals surface area contributed by atoms with Crippen LogP contribution in [0.3, 0.4) is 0 Å². The van der Waals surface area contributed by atoms with E-state index in [0.717, 1.165) is 12.2 Å². The minimum atomic E-state index is -0.162. The average Bonchev–Trinajstić information content (AvgIpc) is 2.49. The zero-order chi connectivity index (χ0) is 13.3. The van der Waals surface area contributed by atoms with E-state index in [1.54, 1.807) is 48.9 Å². The van der Waals surface area contributed by atoms with E-state index in [1.807, 2.05) is 0 Å². The van der Waals surface area contributed by atoms with Crippen LogP contribution in [0.1, 0.15) is 16.9 Å². The molecule has 5 nitrogen and oxygen atoms in total. The monoisotopic (exact) mass is 257 g/mol. The molecule has 0 aliphatic carbocycles. The number of rotatable bonds is 6. The molecule has 0 atom stereocenters. The van der Waals surface area contributed by atoms with Gasteiger partial charge in [0.25, 0.3) is 5.91 Å². The number of nitrogens with zero attached hydrogens (tertiary/aromatic N) is 2. The molecule has 0 aromatic carbocycles. The van der Waals surface area contributed by atoms with Crippen LogP contribution in [-0.4, -0.2) is 29.0 Å². The first-order valence-corrected chi connectivity index (χ1v) is 6.08. The maximum Gasteiger partial charge on any atom is 0.269 e. The van der Waals surface area contributed by atoms with Crippen LogP contribution < -0.4 is 10.1 Å². The van der Waals surface area contributed by atoms with Gasteiger partial charge in [-0.3, -0.25) is 14.8 Å². The van der Waals surface area contributed by atoms with Crippen LogP contribution >= 0.6 is 0 Å². The fourth-order valence-corrected chi connectivity index (χ4v) is 1.49. The van der Waals surface area contributed by atoms with Gasteiger partial charge in [0.1, 0.15) is 11.4 Å². The summed E-state index contributed by atoms with van der Waals surface area (Å²) >= 11 is 0. The molecule has 0 saturated heterocycles. The number of carbonyl (C=O) groups is 1. The molecule has 2 aromatic heterocycles. The van der Waals surface area contributed by atoms with Gasteiger partial charge < -0.3 is 10.1 Å². The van der Waals surface area contributed by atoms with Gasteiger partial charge in [-0.25, -0.2) is 0 Å². The molecule has 19 heavy (non-hydrogen) atoms. The predicted octanol–water partition coefficient (Wildman–Crippen LogP) is 1.68. The summed E-state index contributed by atoms with van der Waals surface area (Å²) in [6, 6.07) is 8.84. The molecule has 1 N–H and O–H groups in total. The molecule has 1 amide bonds. The van der Waals surface area contributed by atoms with Gasteiger partial charge in [0.05, 0.1) is 6.61 Å². The van der Waals surface area contributed by atoms with E-state index in [1.165, 1.54) is 0 Å². The number of hydrogen-bond acceptors (Lipinski definition) is 4. The Morgan fingerprint density at radius 3 is 2.74 bits per heavy atom. The Morgan fingerprint density at radius 2 is 2.00 bits per heavy atom. The van der Waals surface area contributed by atoms with Crippen molar-refractivity contribution in [3.8, 4) is 5.75 Å². The first kappa shape index (κ1) is 13.0. The highest BCUT2D eigenvalue weighted by molar-refractivity contribution is 5.92. The van der Waals surface area contributed by atoms with Gasteiger partial charge in [0.15, 0.2) is 0 Å². The highest BCUT2D eigenvalue weighted by Gasteiger charge is 2.04. The largest absolute Gasteiger partial charge is 0.493 e. The van der Waals surface area contributed by atoms with Gasteiger partial charge in [-0.15, -0.1) is 0 Å². The minimum Gasteiger partial charge on any atom is -0.493 e. The van der Waals surface area contributed by atoms with E-state index in [9.17, 15) is 4.79 Å². The van der Waals surface area contributed by atoms with Crippen LogP contribution in [0.4, 0.5) is 0 Å². The maximum absolute atomic E-state index is 11.7. The third-order valence-electron chi connectivity index (χ3n) is 2.42. The number of carbonyl (C=O) groups excluding carboxylic acids is 1. The summed E-state index contributed by atoms with van der Waals surface area (Å²) in [4.78, 5) is 19.5. The van der Waals surface area contributed by atoms with Crippen molar-refractivity contribution in [2.75, 3.05) is 13.2 Å². The van der Waals surface area contributed by atoms with Crippen molar-refractivity contribution < 1.29 is 9.53 Å². The van der Waals surface area contributed by atoms with Crippen LogP contribution in [-0.2, 0) is 0 Å². The lowest BCUT2D eigenvalue weighted by Crippen LogP contribution is -2.26. The Balaban J connectivity index is 1.63. The Kier molecular flexibility index (Phi) is 4.87. The summed E-state index contributed by atoms with van der Waals surface area (Å²) in [5.74, 6) is 0.621. The van der Waals surface area contributed by atoms with Crippen LogP contribution in [0.25, 0.3) is 0 Å². The smallest absolute Gasteiger partial charge is 0.269 e. The summed E-state index contributed by atoms with van der Waals surface area (Å²) in [6.07, 6.45) is 5.69. The van der Waals surface area contributed by atoms with Crippen molar-refractivity contribution >= 4 is 5.91 Å². The van der Waals surface area contributed by atoms with Gasteiger partial charge in [-0.05, 0) is 30.7 Å². The molecule has 0 aliphatic heterocycles. The van der Waals surface area contributed by atoms with Crippen LogP contribution in [0, 0.1) is 0 Å². The molecular weight excluding hydrogens is 242 g/mol. The van der Waals surface area contributed by atoms with Crippen molar-refractivity contribution in [2.24, 2.45) is 0 Å². The molecule has 2 heterocycles. The molecule has 0 spiro atoms. The third-order valence-corrected chi connectivity index (χ3v) is 2.42. The summed E-state index contributed by atoms with van der Waals surface area (Å²) in [7, 11) is 0. The van der Waals surface area contributed by atoms with E-state index in [0.29, 0.717) is 18.8 Å². The molecule has 0 saturated carbocycles. The molecule has 0 fully saturated rings. The molecule has 98 valence electrons. The standard InChI is InChI=1S/C14H15N3O2/c18-14(13-4-1-2-7-16-13)17-8-3-11-19-12-5-9-15-10-6-12/h1-2,4-7,9-10H,3,8,11H2,(H,17,18). The molecule has 0 aliphatic rings. The third kappa shape index (κ3) is 4.39. The normalized spacial score (nSPS) is 9.89. The van der Waals surface area contributed by atoms with E-state index in [2.05, 4.69) is 15.3 Å². The van der Waals surface area contributed by atoms with Crippen LogP contribution in [0.5, 0.6) is 5.75 Å². The second-order valence-corrected chi connectivity index (χ2v) is 3.86. The van der Waals surface area contributed by atoms with Crippen LogP contribution in [0.2, 0.25) is 0 Å². The highest BCUT2D eigenvalue weighted by Crippen LogP contribution is 2.06. The fraction of sp³-hybridized carbons (Fsp3) is 0.214. The summed E-state index contributed by atoms with van der Waals surface area (Å²) < 4.78 is 5.49. The van der Waals surface area contributed by atoms with E-state index < -0.39 is 0 Å². The fourth-order valence-electron chi connectivity index (χ4n) is 1.49. The van der Waals surface area contributed by atoms with E-state index in [-0.39, 0.29) is 5.91 Å². The lowest BCUT2D eigenvalue weighted by molar-refractivity contribution is 0.0946. The Morgan fingerprint density at radius 1 is 1.16 bits per heavy atom. The van der Waals surface area contributed by atoms with Gasteiger partial charge in [0.2, 0.25) is 0 Å². The average molecular weight is 257 g/mol. The first-order valence-electron chi connectivity index (χ1n) is 6.08. The molecule has 0 unspecified atom stereocenters. The van der Waals surface area contributed by atoms with Crippen molar-refractivity contribution in [3.05, 3.63) is 54.6 Å². The number of aromatic nitrogens is 2. The molecule has 0 radical (unpaired) electrons. The van der Waals surface area contributed by atoms with E-state index in [4.69, 9.17) is 4.74 Å². The molecule has 2 rings (SSSR count). The van der Waals surface area contributed by atoms with Gasteiger partial charge in [-0.1, -0.05) is 6.07 Å². The number of amides is 1. The molecule has 0 bridgehead atoms. The van der Waals surface area contributed by atoms with Crippen molar-refractivity contribution in [2.45, 2.75) is 6.42 Å². The second-order valence-electron chi connectivity index (χ2n) is 3.86. The molecule has 2 aromatic rings. The van der Waals surface area contributed by atoms with Crippen molar-refractivity contribution in [3.63, 3.8) is 0 Å². The quantitative estimate of drug-likeness (QED) is 0.800. The summed E-state index contributed by atoms with van der Waals surface area (Å²) in [5.41, 5.74) is 0.428. The van der Waals surface area contributed by atoms with E-state index >= 15 is 0 Å². The maximum atomic E-state index is 11.7. The molecule has 5 heteroatoms. The summed E-state index contributed by atoms with van der Waals surface area (Å²) in [6.45, 7) is 1.10. The number of hydrogen-bond donors (Lipinski definition) is 1. The van der Waals surface area contributed by atoms with Gasteiger partial charge in [-0.2, -0.15) is 0 Å². The number of nitrogens with one attached hydrogen (secondary N) is 1. The zero-order valence-corrected chi connectivity index (χ0v) is 10.5. The predicted molar refractivity (Wildman–Crippen MR) is 70.9 cm³/mol. The zero-order valence-electron chi connectivity index (χ0n) is 10.5. The number of pyridine rings is 2. The summed E-state index contributed by atoms with van der Waals surface area (Å²) in [5, 5.41) is 2.79. The highest BCUT2D eigenvalue weighted by atomic mass is 16.5. The topological polar surface area (TPSA) is 64.1 Å². The van der Waals surface area contributed by atoms with Gasteiger partial charge >= 0.3 is 0 Å². The minimum absolute atomic E-state index is 0.162. The van der Waals surface area contributed by atoms with Crippen molar-refractivity contribution in [1.82, 2.24) is 15.3 Å². The lowest BCUT2D eigenvalue weighted by atomic mass is 10.3. The lowest BCUT2D eigenvalue weighted by Gasteiger charge is -2.06. The second kappa shape index (κ2) is 7.10. The SMILES string of the molecule is O=C(NCCCOc1ccncc1)c1ccccn1. The Hall–Kier alpha value is -2.43. The number of ether oxygens (including phenoxy) is 1. The van der Waals surface area contributed by atoms with Crippen LogP contribution in [0.15, 0.2) is 48.9 Å². The Labute approximate surface area is 111 Å². The molecular formula is C14H15N3O2. The van der Waals surface area contributed by atoms with Crippen molar-refractivity contribution in [1.29, 1.82) is 0 Å². The van der Waals surface area contributed by atoms with Gasteiger partial charge in [0, 0.05) is 25.1 Å². The Bertz CT molecular complexity index is 503.